The van der Waals surface area contributed by atoms with Crippen LogP contribution in [0.1, 0.15) is 65.3 Å². The van der Waals surface area contributed by atoms with Gasteiger partial charge < -0.3 is 44.3 Å². The molecule has 0 fully saturated rings. The first-order chi connectivity index (χ1) is 29.1. The molecule has 316 valence electrons. The summed E-state index contributed by atoms with van der Waals surface area (Å²) in [5.41, 5.74) is 8.85. The van der Waals surface area contributed by atoms with Crippen LogP contribution in [0.15, 0.2) is 98.7 Å². The molecule has 4 atom stereocenters. The molecule has 5 aromatic rings. The number of alkyl carbamates (subject to hydrolysis) is 2. The van der Waals surface area contributed by atoms with Crippen LogP contribution in [0.25, 0.3) is 44.5 Å². The average molecular weight is 829 g/mol. The fourth-order valence-corrected chi connectivity index (χ4v) is 7.55. The number of methoxy groups -OCH3 is 2. The number of fused-ring (bicyclic) bond motifs is 2. The topological polar surface area (TPSA) is 205 Å². The Hall–Kier alpha value is -7.19. The quantitative estimate of drug-likeness (QED) is 0.0674. The first-order valence-electron chi connectivity index (χ1n) is 19.8. The molecular formula is C45H48N8O8. The maximum atomic E-state index is 14.0. The number of carbonyl (C=O) groups is 4. The van der Waals surface area contributed by atoms with E-state index in [1.807, 2.05) is 59.8 Å². The zero-order valence-corrected chi connectivity index (χ0v) is 35.2. The van der Waals surface area contributed by atoms with Gasteiger partial charge in [-0.1, -0.05) is 43.2 Å². The van der Waals surface area contributed by atoms with Crippen molar-refractivity contribution >= 4 is 45.9 Å². The number of rotatable bonds is 10. The van der Waals surface area contributed by atoms with E-state index >= 15 is 0 Å². The third-order valence-corrected chi connectivity index (χ3v) is 10.6. The van der Waals surface area contributed by atoms with Gasteiger partial charge in [-0.3, -0.25) is 14.4 Å². The fraction of sp³-hybridized carbons (Fsp3) is 0.333. The Morgan fingerprint density at radius 2 is 1.36 bits per heavy atom. The number of aromatic amines is 2. The number of hydrogen-bond acceptors (Lipinski definition) is 10. The minimum absolute atomic E-state index is 0.184. The molecule has 0 aliphatic carbocycles. The van der Waals surface area contributed by atoms with Crippen molar-refractivity contribution < 1.29 is 33.1 Å². The van der Waals surface area contributed by atoms with E-state index in [2.05, 4.69) is 26.3 Å². The van der Waals surface area contributed by atoms with Crippen molar-refractivity contribution in [2.24, 2.45) is 5.92 Å². The number of amides is 4. The van der Waals surface area contributed by atoms with Crippen molar-refractivity contribution in [3.05, 3.63) is 111 Å². The van der Waals surface area contributed by atoms with E-state index in [1.165, 1.54) is 20.3 Å². The first-order valence-corrected chi connectivity index (χ1v) is 19.8. The van der Waals surface area contributed by atoms with Gasteiger partial charge in [0.15, 0.2) is 0 Å². The van der Waals surface area contributed by atoms with E-state index in [-0.39, 0.29) is 23.2 Å². The number of carbonyl (C=O) groups excluding carboxylic acids is 4. The monoisotopic (exact) mass is 828 g/mol. The van der Waals surface area contributed by atoms with Gasteiger partial charge in [-0.15, -0.1) is 5.73 Å². The Kier molecular flexibility index (Phi) is 11.8. The van der Waals surface area contributed by atoms with E-state index in [0.29, 0.717) is 69.2 Å². The predicted octanol–water partition coefficient (Wildman–Crippen LogP) is 6.61. The molecule has 5 heterocycles. The summed E-state index contributed by atoms with van der Waals surface area (Å²) in [5, 5.41) is 6.00. The minimum Gasteiger partial charge on any atom is -0.456 e. The van der Waals surface area contributed by atoms with Gasteiger partial charge in [0.1, 0.15) is 47.0 Å². The highest BCUT2D eigenvalue weighted by Crippen LogP contribution is 2.34. The summed E-state index contributed by atoms with van der Waals surface area (Å²) >= 11 is 0. The molecule has 16 nitrogen and oxygen atoms in total. The summed E-state index contributed by atoms with van der Waals surface area (Å²) in [4.78, 5) is 85.1. The lowest BCUT2D eigenvalue weighted by atomic mass is 10.0. The second-order valence-corrected chi connectivity index (χ2v) is 15.8. The average Bonchev–Trinajstić information content (AvgIpc) is 4.07. The summed E-state index contributed by atoms with van der Waals surface area (Å²) in [6, 6.07) is 7.74. The van der Waals surface area contributed by atoms with Gasteiger partial charge in [-0.2, -0.15) is 0 Å². The molecule has 61 heavy (non-hydrogen) atoms. The third-order valence-electron chi connectivity index (χ3n) is 10.6. The Bertz CT molecular complexity index is 2750. The lowest BCUT2D eigenvalue weighted by Crippen LogP contribution is -2.51. The van der Waals surface area contributed by atoms with Crippen LogP contribution >= 0.6 is 0 Å². The van der Waals surface area contributed by atoms with Crippen LogP contribution in [0.4, 0.5) is 9.59 Å². The van der Waals surface area contributed by atoms with Crippen molar-refractivity contribution in [1.82, 2.24) is 40.4 Å². The van der Waals surface area contributed by atoms with Crippen LogP contribution in [0.2, 0.25) is 0 Å². The molecule has 4 unspecified atom stereocenters. The highest BCUT2D eigenvalue weighted by molar-refractivity contribution is 5.93. The molecule has 7 rings (SSSR count). The lowest BCUT2D eigenvalue weighted by molar-refractivity contribution is -0.135. The number of imidazole rings is 2. The maximum absolute atomic E-state index is 14.0. The van der Waals surface area contributed by atoms with Crippen LogP contribution in [0, 0.1) is 5.92 Å². The SMILES string of the molecule is COC(=O)NC(C=C=C(C)C)C(=O)N1CC(C)=CC1c1nc(-c2ccc3oc4cc(-c5c[nH]c(C6C=C(C)CN6C(=O)C(NC(=O)OC)C(C)C)n5)ccc4c(=O)c3c2)c[nH]1. The maximum Gasteiger partial charge on any atom is 0.407 e. The van der Waals surface area contributed by atoms with Gasteiger partial charge in [-0.05, 0) is 75.6 Å². The van der Waals surface area contributed by atoms with E-state index in [9.17, 15) is 24.0 Å². The molecule has 2 aliphatic rings. The summed E-state index contributed by atoms with van der Waals surface area (Å²) in [6.45, 7) is 12.0. The van der Waals surface area contributed by atoms with Gasteiger partial charge in [-0.25, -0.2) is 19.6 Å². The summed E-state index contributed by atoms with van der Waals surface area (Å²) in [7, 11) is 2.49. The van der Waals surface area contributed by atoms with E-state index in [1.54, 1.807) is 52.5 Å². The first kappa shape index (κ1) is 42.0. The van der Waals surface area contributed by atoms with Gasteiger partial charge in [0.05, 0.1) is 36.4 Å². The Balaban J connectivity index is 1.13. The second-order valence-electron chi connectivity index (χ2n) is 15.8. The molecule has 4 N–H and O–H groups in total. The van der Waals surface area contributed by atoms with Crippen LogP contribution in [-0.4, -0.2) is 93.1 Å². The minimum atomic E-state index is -1.01. The van der Waals surface area contributed by atoms with Crippen molar-refractivity contribution in [2.45, 2.75) is 65.7 Å². The Morgan fingerprint density at radius 1 is 0.803 bits per heavy atom. The normalized spacial score (nSPS) is 17.1. The van der Waals surface area contributed by atoms with E-state index in [4.69, 9.17) is 23.9 Å². The molecule has 2 aliphatic heterocycles. The molecule has 4 amide bonds. The highest BCUT2D eigenvalue weighted by Gasteiger charge is 2.37. The number of aromatic nitrogens is 4. The molecule has 0 radical (unpaired) electrons. The highest BCUT2D eigenvalue weighted by atomic mass is 16.5. The van der Waals surface area contributed by atoms with Gasteiger partial charge >= 0.3 is 12.2 Å². The number of hydrogen-bond donors (Lipinski definition) is 4. The van der Waals surface area contributed by atoms with Crippen LogP contribution in [-0.2, 0) is 19.1 Å². The third kappa shape index (κ3) is 8.61. The smallest absolute Gasteiger partial charge is 0.407 e. The molecular weight excluding hydrogens is 781 g/mol. The summed E-state index contributed by atoms with van der Waals surface area (Å²) < 4.78 is 15.8. The van der Waals surface area contributed by atoms with Crippen molar-refractivity contribution in [1.29, 1.82) is 0 Å². The molecule has 0 bridgehead atoms. The number of benzene rings is 2. The zero-order chi connectivity index (χ0) is 43.7. The lowest BCUT2D eigenvalue weighted by Gasteiger charge is -2.30. The number of H-pyrrole nitrogens is 2. The van der Waals surface area contributed by atoms with Gasteiger partial charge in [0.25, 0.3) is 5.91 Å². The summed E-state index contributed by atoms with van der Waals surface area (Å²) in [6.07, 6.45) is 7.47. The molecule has 16 heteroatoms. The van der Waals surface area contributed by atoms with Gasteiger partial charge in [0, 0.05) is 36.6 Å². The molecule has 2 aromatic carbocycles. The standard InChI is InChI=1S/C45H48N8O8/c1-23(2)9-13-31(50-44(57)59-7)42(55)52-21-25(5)15-34(52)40-46-19-32(48-40)27-11-14-36-30(17-27)39(54)29-12-10-28(18-37(29)61-36)33-20-47-41(49-33)35-16-26(6)22-53(35)43(56)38(24(3)4)51-45(58)60-8/h10-20,24,31,34-35,38H,21-22H2,1-8H3,(H,46,48)(H,47,49)(H,50,57)(H,51,58). The van der Waals surface area contributed by atoms with Gasteiger partial charge in [0.2, 0.25) is 11.3 Å². The zero-order valence-electron chi connectivity index (χ0n) is 35.2. The second kappa shape index (κ2) is 17.2. The Labute approximate surface area is 351 Å². The van der Waals surface area contributed by atoms with Crippen molar-refractivity contribution in [3.63, 3.8) is 0 Å². The predicted molar refractivity (Wildman–Crippen MR) is 228 cm³/mol. The largest absolute Gasteiger partial charge is 0.456 e. The van der Waals surface area contributed by atoms with Crippen LogP contribution < -0.4 is 16.1 Å². The van der Waals surface area contributed by atoms with Crippen LogP contribution in [0.5, 0.6) is 0 Å². The summed E-state index contributed by atoms with van der Waals surface area (Å²) in [5.74, 6) is 0.268. The van der Waals surface area contributed by atoms with Crippen LogP contribution in [0.3, 0.4) is 0 Å². The number of ether oxygens (including phenoxy) is 2. The molecule has 0 spiro atoms. The molecule has 0 saturated heterocycles. The van der Waals surface area contributed by atoms with E-state index in [0.717, 1.165) is 16.7 Å². The number of nitrogens with one attached hydrogen (secondary N) is 4. The number of nitrogens with zero attached hydrogens (tertiary/aromatic N) is 4. The molecule has 0 saturated carbocycles. The molecule has 3 aromatic heterocycles. The van der Waals surface area contributed by atoms with Crippen molar-refractivity contribution in [3.8, 4) is 22.5 Å². The van der Waals surface area contributed by atoms with Crippen molar-refractivity contribution in [2.75, 3.05) is 27.3 Å². The Morgan fingerprint density at radius 3 is 1.93 bits per heavy atom. The fourth-order valence-electron chi connectivity index (χ4n) is 7.55. The van der Waals surface area contributed by atoms with E-state index < -0.39 is 36.4 Å².